The maximum atomic E-state index is 11.2. The van der Waals surface area contributed by atoms with Gasteiger partial charge in [0.1, 0.15) is 5.58 Å². The van der Waals surface area contributed by atoms with Crippen LogP contribution in [-0.4, -0.2) is 17.6 Å². The molecular weight excluding hydrogens is 228 g/mol. The van der Waals surface area contributed by atoms with E-state index in [0.29, 0.717) is 11.6 Å². The van der Waals surface area contributed by atoms with E-state index in [-0.39, 0.29) is 5.63 Å². The van der Waals surface area contributed by atoms with Gasteiger partial charge in [-0.05, 0) is 32.0 Å². The highest BCUT2D eigenvalue weighted by Crippen LogP contribution is 2.18. The van der Waals surface area contributed by atoms with Crippen LogP contribution in [0.15, 0.2) is 39.5 Å². The second-order valence-electron chi connectivity index (χ2n) is 4.50. The molecule has 0 unspecified atom stereocenters. The highest BCUT2D eigenvalue weighted by Gasteiger charge is 2.07. The summed E-state index contributed by atoms with van der Waals surface area (Å²) in [5.41, 5.74) is 4.52. The average molecular weight is 246 g/mol. The van der Waals surface area contributed by atoms with Gasteiger partial charge in [-0.3, -0.25) is 0 Å². The lowest BCUT2D eigenvalue weighted by Gasteiger charge is -2.26. The van der Waals surface area contributed by atoms with Crippen LogP contribution in [0.5, 0.6) is 0 Å². The van der Waals surface area contributed by atoms with E-state index in [1.54, 1.807) is 6.07 Å². The van der Waals surface area contributed by atoms with Gasteiger partial charge in [-0.2, -0.15) is 0 Å². The van der Waals surface area contributed by atoms with Crippen LogP contribution < -0.4 is 11.1 Å². The maximum Gasteiger partial charge on any atom is 0.336 e. The van der Waals surface area contributed by atoms with Gasteiger partial charge in [0.2, 0.25) is 0 Å². The summed E-state index contributed by atoms with van der Waals surface area (Å²) in [4.78, 5) is 11.2. The lowest BCUT2D eigenvalue weighted by Crippen LogP contribution is -2.35. The van der Waals surface area contributed by atoms with Gasteiger partial charge < -0.3 is 9.84 Å². The molecule has 0 saturated heterocycles. The monoisotopic (exact) mass is 246 g/mol. The van der Waals surface area contributed by atoms with Crippen molar-refractivity contribution >= 4 is 16.7 Å². The van der Waals surface area contributed by atoms with E-state index in [2.05, 4.69) is 31.2 Å². The van der Waals surface area contributed by atoms with E-state index in [1.807, 2.05) is 18.2 Å². The molecule has 0 spiro atoms. The molecule has 18 heavy (non-hydrogen) atoms. The number of benzene rings is 1. The van der Waals surface area contributed by atoms with Crippen LogP contribution in [0.25, 0.3) is 11.0 Å². The van der Waals surface area contributed by atoms with Gasteiger partial charge in [-0.1, -0.05) is 6.92 Å². The number of anilines is 1. The first-order valence-electron chi connectivity index (χ1n) is 6.17. The Hall–Kier alpha value is -1.81. The van der Waals surface area contributed by atoms with Gasteiger partial charge in [0.25, 0.3) is 0 Å². The fourth-order valence-electron chi connectivity index (χ4n) is 1.87. The minimum atomic E-state index is -0.323. The number of rotatable bonds is 4. The Morgan fingerprint density at radius 1 is 1.28 bits per heavy atom. The highest BCUT2D eigenvalue weighted by molar-refractivity contribution is 5.80. The molecule has 96 valence electrons. The van der Waals surface area contributed by atoms with Crippen molar-refractivity contribution < 1.29 is 4.42 Å². The molecule has 1 N–H and O–H groups in total. The predicted molar refractivity (Wildman–Crippen MR) is 73.6 cm³/mol. The van der Waals surface area contributed by atoms with E-state index in [1.165, 1.54) is 6.07 Å². The number of hydrazine groups is 1. The molecule has 0 fully saturated rings. The summed E-state index contributed by atoms with van der Waals surface area (Å²) in [6.07, 6.45) is 0. The summed E-state index contributed by atoms with van der Waals surface area (Å²) in [5.74, 6) is 0. The number of hydrogen-bond acceptors (Lipinski definition) is 4. The van der Waals surface area contributed by atoms with Crippen LogP contribution in [0, 0.1) is 0 Å². The SMILES string of the molecule is CCN(Nc1ccc2ccc(=O)oc2c1)C(C)C. The van der Waals surface area contributed by atoms with Gasteiger partial charge >= 0.3 is 5.63 Å². The molecule has 0 saturated carbocycles. The fourth-order valence-corrected chi connectivity index (χ4v) is 1.87. The van der Waals surface area contributed by atoms with Gasteiger partial charge in [-0.15, -0.1) is 0 Å². The van der Waals surface area contributed by atoms with Gasteiger partial charge in [-0.25, -0.2) is 9.80 Å². The second-order valence-corrected chi connectivity index (χ2v) is 4.50. The number of fused-ring (bicyclic) bond motifs is 1. The average Bonchev–Trinajstić information content (AvgIpc) is 2.35. The predicted octanol–water partition coefficient (Wildman–Crippen LogP) is 2.85. The molecule has 2 rings (SSSR count). The normalized spacial score (nSPS) is 11.4. The van der Waals surface area contributed by atoms with Gasteiger partial charge in [0.15, 0.2) is 0 Å². The number of nitrogens with zero attached hydrogens (tertiary/aromatic N) is 1. The molecule has 4 heteroatoms. The molecule has 2 aromatic rings. The quantitative estimate of drug-likeness (QED) is 0.665. The third-order valence-corrected chi connectivity index (χ3v) is 2.86. The largest absolute Gasteiger partial charge is 0.423 e. The first kappa shape index (κ1) is 12.6. The summed E-state index contributed by atoms with van der Waals surface area (Å²) >= 11 is 0. The van der Waals surface area contributed by atoms with Crippen molar-refractivity contribution in [2.24, 2.45) is 0 Å². The van der Waals surface area contributed by atoms with Crippen LogP contribution in [0.1, 0.15) is 20.8 Å². The maximum absolute atomic E-state index is 11.2. The number of nitrogens with one attached hydrogen (secondary N) is 1. The van der Waals surface area contributed by atoms with Crippen LogP contribution in [-0.2, 0) is 0 Å². The smallest absolute Gasteiger partial charge is 0.336 e. The topological polar surface area (TPSA) is 45.5 Å². The zero-order valence-electron chi connectivity index (χ0n) is 10.9. The fraction of sp³-hybridized carbons (Fsp3) is 0.357. The molecule has 0 aliphatic rings. The molecule has 4 nitrogen and oxygen atoms in total. The lowest BCUT2D eigenvalue weighted by atomic mass is 10.2. The Bertz CT molecular complexity index is 590. The van der Waals surface area contributed by atoms with Crippen molar-refractivity contribution in [2.75, 3.05) is 12.0 Å². The zero-order chi connectivity index (χ0) is 13.1. The molecule has 0 bridgehead atoms. The van der Waals surface area contributed by atoms with Crippen LogP contribution >= 0.6 is 0 Å². The molecule has 1 heterocycles. The van der Waals surface area contributed by atoms with Crippen molar-refractivity contribution in [3.8, 4) is 0 Å². The van der Waals surface area contributed by atoms with Crippen molar-refractivity contribution in [2.45, 2.75) is 26.8 Å². The summed E-state index contributed by atoms with van der Waals surface area (Å²) in [6, 6.07) is 9.37. The number of hydrogen-bond donors (Lipinski definition) is 1. The summed E-state index contributed by atoms with van der Waals surface area (Å²) < 4.78 is 5.16. The van der Waals surface area contributed by atoms with E-state index >= 15 is 0 Å². The lowest BCUT2D eigenvalue weighted by molar-refractivity contribution is 0.284. The Morgan fingerprint density at radius 2 is 2.00 bits per heavy atom. The van der Waals surface area contributed by atoms with E-state index in [0.717, 1.165) is 17.6 Å². The van der Waals surface area contributed by atoms with Crippen molar-refractivity contribution in [3.05, 3.63) is 40.8 Å². The van der Waals surface area contributed by atoms with E-state index in [9.17, 15) is 4.79 Å². The molecule has 0 aliphatic carbocycles. The Balaban J connectivity index is 2.32. The molecular formula is C14H18N2O2. The van der Waals surface area contributed by atoms with Crippen molar-refractivity contribution in [1.29, 1.82) is 0 Å². The third kappa shape index (κ3) is 2.71. The minimum Gasteiger partial charge on any atom is -0.423 e. The molecule has 0 radical (unpaired) electrons. The van der Waals surface area contributed by atoms with Gasteiger partial charge in [0, 0.05) is 30.1 Å². The Morgan fingerprint density at radius 3 is 2.67 bits per heavy atom. The molecule has 0 aliphatic heterocycles. The third-order valence-electron chi connectivity index (χ3n) is 2.86. The standard InChI is InChI=1S/C14H18N2O2/c1-4-16(10(2)3)15-12-7-5-11-6-8-14(17)18-13(11)9-12/h5-10,15H,4H2,1-3H3. The van der Waals surface area contributed by atoms with Gasteiger partial charge in [0.05, 0.1) is 5.69 Å². The first-order chi connectivity index (χ1) is 8.60. The molecule has 0 amide bonds. The van der Waals surface area contributed by atoms with E-state index in [4.69, 9.17) is 4.42 Å². The summed E-state index contributed by atoms with van der Waals surface area (Å²) in [5, 5.41) is 3.04. The Kier molecular flexibility index (Phi) is 3.67. The molecule has 1 aromatic heterocycles. The molecule has 0 atom stereocenters. The van der Waals surface area contributed by atoms with Crippen LogP contribution in [0.4, 0.5) is 5.69 Å². The van der Waals surface area contributed by atoms with Crippen molar-refractivity contribution in [3.63, 3.8) is 0 Å². The van der Waals surface area contributed by atoms with Crippen LogP contribution in [0.2, 0.25) is 0 Å². The second kappa shape index (κ2) is 5.23. The minimum absolute atomic E-state index is 0.323. The van der Waals surface area contributed by atoms with Crippen molar-refractivity contribution in [1.82, 2.24) is 5.01 Å². The van der Waals surface area contributed by atoms with E-state index < -0.39 is 0 Å². The summed E-state index contributed by atoms with van der Waals surface area (Å²) in [6.45, 7) is 7.23. The first-order valence-corrected chi connectivity index (χ1v) is 6.17. The zero-order valence-corrected chi connectivity index (χ0v) is 10.9. The summed E-state index contributed by atoms with van der Waals surface area (Å²) in [7, 11) is 0. The highest BCUT2D eigenvalue weighted by atomic mass is 16.4. The molecule has 1 aromatic carbocycles. The Labute approximate surface area is 106 Å². The van der Waals surface area contributed by atoms with Crippen LogP contribution in [0.3, 0.4) is 0 Å².